The SMILES string of the molecule is C=CCCCC(=O)CNCC. The van der Waals surface area contributed by atoms with E-state index >= 15 is 0 Å². The number of nitrogens with one attached hydrogen (secondary N) is 1. The van der Waals surface area contributed by atoms with Crippen LogP contribution in [0.15, 0.2) is 12.7 Å². The van der Waals surface area contributed by atoms with Crippen LogP contribution in [0, 0.1) is 0 Å². The van der Waals surface area contributed by atoms with E-state index in [9.17, 15) is 4.79 Å². The van der Waals surface area contributed by atoms with E-state index in [2.05, 4.69) is 11.9 Å². The van der Waals surface area contributed by atoms with Crippen LogP contribution in [-0.4, -0.2) is 18.9 Å². The molecular weight excluding hydrogens is 138 g/mol. The fourth-order valence-corrected chi connectivity index (χ4v) is 0.796. The Balaban J connectivity index is 3.15. The molecule has 0 saturated carbocycles. The number of rotatable bonds is 7. The van der Waals surface area contributed by atoms with Crippen LogP contribution in [0.2, 0.25) is 0 Å². The molecule has 0 aliphatic carbocycles. The largest absolute Gasteiger partial charge is 0.310 e. The molecule has 0 saturated heterocycles. The van der Waals surface area contributed by atoms with Crippen molar-refractivity contribution < 1.29 is 4.79 Å². The molecular formula is C9H17NO. The molecule has 0 aromatic rings. The molecule has 0 rings (SSSR count). The zero-order valence-corrected chi connectivity index (χ0v) is 7.23. The lowest BCUT2D eigenvalue weighted by Gasteiger charge is -1.98. The number of carbonyl (C=O) groups excluding carboxylic acids is 1. The predicted octanol–water partition coefficient (Wildman–Crippen LogP) is 1.52. The highest BCUT2D eigenvalue weighted by atomic mass is 16.1. The second kappa shape index (κ2) is 7.48. The number of Topliss-reactive ketones (excluding diaryl/α,β-unsaturated/α-hetero) is 1. The van der Waals surface area contributed by atoms with Crippen molar-refractivity contribution in [2.24, 2.45) is 0 Å². The van der Waals surface area contributed by atoms with Gasteiger partial charge in [-0.25, -0.2) is 0 Å². The molecule has 0 aliphatic heterocycles. The van der Waals surface area contributed by atoms with Crippen LogP contribution in [0.25, 0.3) is 0 Å². The fraction of sp³-hybridized carbons (Fsp3) is 0.667. The second-order valence-electron chi connectivity index (χ2n) is 2.50. The van der Waals surface area contributed by atoms with Crippen LogP contribution in [-0.2, 0) is 4.79 Å². The number of unbranched alkanes of at least 4 members (excludes halogenated alkanes) is 1. The van der Waals surface area contributed by atoms with Gasteiger partial charge < -0.3 is 5.32 Å². The summed E-state index contributed by atoms with van der Waals surface area (Å²) in [5, 5.41) is 3.00. The first-order valence-electron chi connectivity index (χ1n) is 4.14. The summed E-state index contributed by atoms with van der Waals surface area (Å²) in [6, 6.07) is 0. The number of hydrogen-bond acceptors (Lipinski definition) is 2. The van der Waals surface area contributed by atoms with E-state index in [1.807, 2.05) is 13.0 Å². The summed E-state index contributed by atoms with van der Waals surface area (Å²) in [4.78, 5) is 11.0. The number of likely N-dealkylation sites (N-methyl/N-ethyl adjacent to an activating group) is 1. The number of hydrogen-bond donors (Lipinski definition) is 1. The summed E-state index contributed by atoms with van der Waals surface area (Å²) >= 11 is 0. The van der Waals surface area contributed by atoms with Gasteiger partial charge in [0.05, 0.1) is 6.54 Å². The summed E-state index contributed by atoms with van der Waals surface area (Å²) < 4.78 is 0. The topological polar surface area (TPSA) is 29.1 Å². The first-order chi connectivity index (χ1) is 5.31. The van der Waals surface area contributed by atoms with E-state index in [0.29, 0.717) is 18.7 Å². The van der Waals surface area contributed by atoms with E-state index in [0.717, 1.165) is 19.4 Å². The summed E-state index contributed by atoms with van der Waals surface area (Å²) in [5.74, 6) is 0.300. The molecule has 2 nitrogen and oxygen atoms in total. The lowest BCUT2D eigenvalue weighted by atomic mass is 10.2. The lowest BCUT2D eigenvalue weighted by Crippen LogP contribution is -2.22. The molecule has 0 aliphatic rings. The molecule has 0 radical (unpaired) electrons. The van der Waals surface area contributed by atoms with Gasteiger partial charge in [-0.05, 0) is 19.4 Å². The van der Waals surface area contributed by atoms with Crippen LogP contribution in [0.1, 0.15) is 26.2 Å². The van der Waals surface area contributed by atoms with Crippen LogP contribution in [0.5, 0.6) is 0 Å². The molecule has 0 aromatic heterocycles. The summed E-state index contributed by atoms with van der Waals surface area (Å²) in [7, 11) is 0. The van der Waals surface area contributed by atoms with Crippen molar-refractivity contribution in [3.63, 3.8) is 0 Å². The Morgan fingerprint density at radius 3 is 2.91 bits per heavy atom. The Morgan fingerprint density at radius 2 is 2.36 bits per heavy atom. The van der Waals surface area contributed by atoms with Crippen molar-refractivity contribution in [2.45, 2.75) is 26.2 Å². The van der Waals surface area contributed by atoms with E-state index in [1.165, 1.54) is 0 Å². The maximum atomic E-state index is 11.0. The third kappa shape index (κ3) is 7.26. The van der Waals surface area contributed by atoms with Gasteiger partial charge in [-0.15, -0.1) is 6.58 Å². The highest BCUT2D eigenvalue weighted by Gasteiger charge is 1.97. The van der Waals surface area contributed by atoms with Gasteiger partial charge in [0, 0.05) is 6.42 Å². The fourth-order valence-electron chi connectivity index (χ4n) is 0.796. The molecule has 64 valence electrons. The third-order valence-electron chi connectivity index (χ3n) is 1.44. The highest BCUT2D eigenvalue weighted by Crippen LogP contribution is 1.95. The van der Waals surface area contributed by atoms with Gasteiger partial charge in [0.1, 0.15) is 5.78 Å². The Kier molecular flexibility index (Phi) is 7.05. The van der Waals surface area contributed by atoms with Gasteiger partial charge in [0.2, 0.25) is 0 Å². The maximum absolute atomic E-state index is 11.0. The average Bonchev–Trinajstić information content (AvgIpc) is 2.01. The molecule has 0 aromatic carbocycles. The van der Waals surface area contributed by atoms with E-state index < -0.39 is 0 Å². The minimum atomic E-state index is 0.300. The van der Waals surface area contributed by atoms with Gasteiger partial charge in [-0.2, -0.15) is 0 Å². The van der Waals surface area contributed by atoms with Crippen LogP contribution >= 0.6 is 0 Å². The molecule has 0 unspecified atom stereocenters. The first kappa shape index (κ1) is 10.4. The Hall–Kier alpha value is -0.630. The van der Waals surface area contributed by atoms with E-state index in [-0.39, 0.29) is 0 Å². The Bertz CT molecular complexity index is 121. The van der Waals surface area contributed by atoms with Gasteiger partial charge in [-0.3, -0.25) is 4.79 Å². The van der Waals surface area contributed by atoms with Gasteiger partial charge in [0.15, 0.2) is 0 Å². The molecule has 1 N–H and O–H groups in total. The summed E-state index contributed by atoms with van der Waals surface area (Å²) in [5.41, 5.74) is 0. The normalized spacial score (nSPS) is 9.55. The van der Waals surface area contributed by atoms with E-state index in [1.54, 1.807) is 0 Å². The molecule has 11 heavy (non-hydrogen) atoms. The second-order valence-corrected chi connectivity index (χ2v) is 2.50. The van der Waals surface area contributed by atoms with Crippen molar-refractivity contribution in [3.05, 3.63) is 12.7 Å². The van der Waals surface area contributed by atoms with Crippen LogP contribution in [0.4, 0.5) is 0 Å². The van der Waals surface area contributed by atoms with Gasteiger partial charge >= 0.3 is 0 Å². The molecule has 0 amide bonds. The molecule has 2 heteroatoms. The molecule has 0 heterocycles. The van der Waals surface area contributed by atoms with Crippen molar-refractivity contribution in [1.29, 1.82) is 0 Å². The summed E-state index contributed by atoms with van der Waals surface area (Å²) in [6.07, 6.45) is 4.41. The van der Waals surface area contributed by atoms with E-state index in [4.69, 9.17) is 0 Å². The minimum absolute atomic E-state index is 0.300. The first-order valence-corrected chi connectivity index (χ1v) is 4.14. The smallest absolute Gasteiger partial charge is 0.146 e. The van der Waals surface area contributed by atoms with Crippen molar-refractivity contribution in [1.82, 2.24) is 5.32 Å². The maximum Gasteiger partial charge on any atom is 0.146 e. The van der Waals surface area contributed by atoms with Crippen molar-refractivity contribution in [2.75, 3.05) is 13.1 Å². The Labute approximate surface area is 68.7 Å². The quantitative estimate of drug-likeness (QED) is 0.446. The molecule has 0 atom stereocenters. The highest BCUT2D eigenvalue weighted by molar-refractivity contribution is 5.80. The minimum Gasteiger partial charge on any atom is -0.310 e. The zero-order valence-electron chi connectivity index (χ0n) is 7.23. The summed E-state index contributed by atoms with van der Waals surface area (Å²) in [6.45, 7) is 6.98. The average molecular weight is 155 g/mol. The predicted molar refractivity (Wildman–Crippen MR) is 47.6 cm³/mol. The van der Waals surface area contributed by atoms with Crippen LogP contribution in [0.3, 0.4) is 0 Å². The monoisotopic (exact) mass is 155 g/mol. The van der Waals surface area contributed by atoms with Gasteiger partial charge in [-0.1, -0.05) is 13.0 Å². The van der Waals surface area contributed by atoms with Crippen molar-refractivity contribution in [3.8, 4) is 0 Å². The zero-order chi connectivity index (χ0) is 8.53. The van der Waals surface area contributed by atoms with Gasteiger partial charge in [0.25, 0.3) is 0 Å². The lowest BCUT2D eigenvalue weighted by molar-refractivity contribution is -0.118. The number of ketones is 1. The molecule has 0 spiro atoms. The standard InChI is InChI=1S/C9H17NO/c1-3-5-6-7-9(11)8-10-4-2/h3,10H,1,4-8H2,2H3. The van der Waals surface area contributed by atoms with Crippen LogP contribution < -0.4 is 5.32 Å². The third-order valence-corrected chi connectivity index (χ3v) is 1.44. The molecule has 0 fully saturated rings. The number of carbonyl (C=O) groups is 1. The number of allylic oxidation sites excluding steroid dienone is 1. The van der Waals surface area contributed by atoms with Crippen molar-refractivity contribution >= 4 is 5.78 Å². The Morgan fingerprint density at radius 1 is 1.64 bits per heavy atom. The molecule has 0 bridgehead atoms.